The average molecular weight is 311 g/mol. The fraction of sp³-hybridized carbons (Fsp3) is 0.0714. The summed E-state index contributed by atoms with van der Waals surface area (Å²) >= 11 is 9.05. The molecular weight excluding hydrogens is 300 g/mol. The van der Waals surface area contributed by atoms with Gasteiger partial charge in [-0.05, 0) is 54.3 Å². The Kier molecular flexibility index (Phi) is 4.69. The zero-order valence-electron chi connectivity index (χ0n) is 10.1. The van der Waals surface area contributed by atoms with Crippen molar-refractivity contribution in [1.82, 2.24) is 0 Å². The lowest BCUT2D eigenvalue weighted by molar-refractivity contribution is -0.132. The Morgan fingerprint density at radius 1 is 1.32 bits per heavy atom. The van der Waals surface area contributed by atoms with Crippen molar-refractivity contribution in [2.45, 2.75) is 16.0 Å². The number of rotatable bonds is 4. The molecule has 0 aliphatic heterocycles. The van der Waals surface area contributed by atoms with Crippen molar-refractivity contribution in [3.05, 3.63) is 51.9 Å². The molecule has 0 aliphatic rings. The second kappa shape index (κ2) is 6.28. The first-order valence-corrected chi connectivity index (χ1v) is 7.56. The van der Waals surface area contributed by atoms with Crippen LogP contribution in [-0.2, 0) is 4.79 Å². The molecule has 0 saturated carbocycles. The molecule has 1 N–H and O–H groups in total. The number of halogens is 1. The Bertz CT molecular complexity index is 615. The highest BCUT2D eigenvalue weighted by molar-refractivity contribution is 8.01. The Morgan fingerprint density at radius 2 is 2.00 bits per heavy atom. The van der Waals surface area contributed by atoms with Gasteiger partial charge < -0.3 is 5.11 Å². The topological polar surface area (TPSA) is 37.3 Å². The summed E-state index contributed by atoms with van der Waals surface area (Å²) in [6.07, 6.45) is 1.69. The number of thiophene rings is 1. The minimum atomic E-state index is -0.895. The molecule has 2 rings (SSSR count). The first-order chi connectivity index (χ1) is 9.06. The third-order valence-electron chi connectivity index (χ3n) is 2.39. The number of carbonyl (C=O) groups is 1. The molecule has 1 heterocycles. The summed E-state index contributed by atoms with van der Waals surface area (Å²) in [6.45, 7) is 1.59. The van der Waals surface area contributed by atoms with E-state index in [1.54, 1.807) is 36.1 Å². The number of aliphatic carboxylic acids is 1. The van der Waals surface area contributed by atoms with Gasteiger partial charge in [-0.2, -0.15) is 0 Å². The summed E-state index contributed by atoms with van der Waals surface area (Å²) in [4.78, 5) is 11.9. The van der Waals surface area contributed by atoms with Crippen LogP contribution in [0.4, 0.5) is 0 Å². The van der Waals surface area contributed by atoms with E-state index < -0.39 is 5.97 Å². The lowest BCUT2D eigenvalue weighted by Crippen LogP contribution is -1.95. The Labute approximate surface area is 124 Å². The highest BCUT2D eigenvalue weighted by atomic mass is 35.5. The van der Waals surface area contributed by atoms with Crippen LogP contribution in [0, 0.1) is 0 Å². The molecule has 2 nitrogen and oxygen atoms in total. The monoisotopic (exact) mass is 310 g/mol. The van der Waals surface area contributed by atoms with Gasteiger partial charge in [-0.25, -0.2) is 4.79 Å². The molecule has 0 fully saturated rings. The molecule has 1 aromatic heterocycles. The lowest BCUT2D eigenvalue weighted by Gasteiger charge is -2.01. The van der Waals surface area contributed by atoms with Gasteiger partial charge in [-0.3, -0.25) is 0 Å². The SMILES string of the molecule is C/C(=C\c1ccsc1Sc1ccc(Cl)cc1)C(=O)O. The van der Waals surface area contributed by atoms with E-state index in [1.165, 1.54) is 0 Å². The van der Waals surface area contributed by atoms with Crippen LogP contribution in [-0.4, -0.2) is 11.1 Å². The summed E-state index contributed by atoms with van der Waals surface area (Å²) in [6, 6.07) is 9.51. The van der Waals surface area contributed by atoms with Crippen LogP contribution < -0.4 is 0 Å². The van der Waals surface area contributed by atoms with Crippen molar-refractivity contribution >= 4 is 46.7 Å². The third-order valence-corrected chi connectivity index (χ3v) is 4.83. The van der Waals surface area contributed by atoms with Crippen molar-refractivity contribution in [3.8, 4) is 0 Å². The Morgan fingerprint density at radius 3 is 2.63 bits per heavy atom. The van der Waals surface area contributed by atoms with Gasteiger partial charge in [0.05, 0.1) is 4.21 Å². The second-order valence-corrected chi connectivity index (χ2v) is 6.55. The molecule has 19 heavy (non-hydrogen) atoms. The zero-order valence-corrected chi connectivity index (χ0v) is 12.5. The number of carboxylic acids is 1. The van der Waals surface area contributed by atoms with Gasteiger partial charge in [0.25, 0.3) is 0 Å². The molecule has 0 radical (unpaired) electrons. The molecule has 0 saturated heterocycles. The van der Waals surface area contributed by atoms with Gasteiger partial charge in [-0.15, -0.1) is 11.3 Å². The maximum atomic E-state index is 10.8. The smallest absolute Gasteiger partial charge is 0.331 e. The number of hydrogen-bond donors (Lipinski definition) is 1. The molecule has 5 heteroatoms. The summed E-state index contributed by atoms with van der Waals surface area (Å²) < 4.78 is 1.07. The predicted octanol–water partition coefficient (Wildman–Crippen LogP) is 5.04. The van der Waals surface area contributed by atoms with Gasteiger partial charge >= 0.3 is 5.97 Å². The molecule has 0 bridgehead atoms. The third kappa shape index (κ3) is 3.86. The number of benzene rings is 1. The highest BCUT2D eigenvalue weighted by Gasteiger charge is 2.07. The lowest BCUT2D eigenvalue weighted by atomic mass is 10.2. The van der Waals surface area contributed by atoms with Crippen LogP contribution in [0.1, 0.15) is 12.5 Å². The maximum Gasteiger partial charge on any atom is 0.331 e. The van der Waals surface area contributed by atoms with Gasteiger partial charge in [0.1, 0.15) is 0 Å². The van der Waals surface area contributed by atoms with E-state index in [-0.39, 0.29) is 0 Å². The minimum Gasteiger partial charge on any atom is -0.478 e. The van der Waals surface area contributed by atoms with Crippen LogP contribution in [0.15, 0.2) is 50.4 Å². The Balaban J connectivity index is 2.23. The van der Waals surface area contributed by atoms with E-state index in [1.807, 2.05) is 35.7 Å². The van der Waals surface area contributed by atoms with E-state index in [2.05, 4.69) is 0 Å². The second-order valence-electron chi connectivity index (χ2n) is 3.85. The average Bonchev–Trinajstić information content (AvgIpc) is 2.79. The van der Waals surface area contributed by atoms with Crippen LogP contribution in [0.2, 0.25) is 5.02 Å². The van der Waals surface area contributed by atoms with Crippen molar-refractivity contribution in [2.24, 2.45) is 0 Å². The van der Waals surface area contributed by atoms with Crippen LogP contribution in [0.25, 0.3) is 6.08 Å². The van der Waals surface area contributed by atoms with E-state index in [0.717, 1.165) is 14.7 Å². The molecule has 0 spiro atoms. The van der Waals surface area contributed by atoms with E-state index >= 15 is 0 Å². The van der Waals surface area contributed by atoms with Crippen molar-refractivity contribution in [2.75, 3.05) is 0 Å². The van der Waals surface area contributed by atoms with Gasteiger partial charge in [-0.1, -0.05) is 23.4 Å². The molecule has 0 atom stereocenters. The first-order valence-electron chi connectivity index (χ1n) is 5.49. The fourth-order valence-corrected chi connectivity index (χ4v) is 3.51. The van der Waals surface area contributed by atoms with E-state index in [0.29, 0.717) is 10.6 Å². The van der Waals surface area contributed by atoms with Gasteiger partial charge in [0.2, 0.25) is 0 Å². The predicted molar refractivity (Wildman–Crippen MR) is 81.2 cm³/mol. The highest BCUT2D eigenvalue weighted by Crippen LogP contribution is 2.36. The van der Waals surface area contributed by atoms with Crippen molar-refractivity contribution in [3.63, 3.8) is 0 Å². The molecular formula is C14H11ClO2S2. The van der Waals surface area contributed by atoms with Crippen molar-refractivity contribution < 1.29 is 9.90 Å². The molecule has 0 unspecified atom stereocenters. The molecule has 0 amide bonds. The normalized spacial score (nSPS) is 11.6. The molecule has 0 aliphatic carbocycles. The molecule has 2 aromatic rings. The summed E-state index contributed by atoms with van der Waals surface area (Å²) in [5.74, 6) is -0.895. The maximum absolute atomic E-state index is 10.8. The summed E-state index contributed by atoms with van der Waals surface area (Å²) in [5, 5.41) is 11.6. The van der Waals surface area contributed by atoms with E-state index in [4.69, 9.17) is 16.7 Å². The number of hydrogen-bond acceptors (Lipinski definition) is 3. The fourth-order valence-electron chi connectivity index (χ4n) is 1.40. The van der Waals surface area contributed by atoms with Crippen molar-refractivity contribution in [1.29, 1.82) is 0 Å². The molecule has 98 valence electrons. The minimum absolute atomic E-state index is 0.330. The van der Waals surface area contributed by atoms with Crippen LogP contribution >= 0.6 is 34.7 Å². The number of carboxylic acid groups (broad SMARTS) is 1. The summed E-state index contributed by atoms with van der Waals surface area (Å²) in [5.41, 5.74) is 1.27. The van der Waals surface area contributed by atoms with Gasteiger partial charge in [0.15, 0.2) is 0 Å². The van der Waals surface area contributed by atoms with Crippen LogP contribution in [0.3, 0.4) is 0 Å². The Hall–Kier alpha value is -1.23. The van der Waals surface area contributed by atoms with Gasteiger partial charge in [0, 0.05) is 15.5 Å². The van der Waals surface area contributed by atoms with Crippen LogP contribution in [0.5, 0.6) is 0 Å². The largest absolute Gasteiger partial charge is 0.478 e. The zero-order chi connectivity index (χ0) is 13.8. The first kappa shape index (κ1) is 14.2. The summed E-state index contributed by atoms with van der Waals surface area (Å²) in [7, 11) is 0. The quantitative estimate of drug-likeness (QED) is 0.804. The van der Waals surface area contributed by atoms with E-state index in [9.17, 15) is 4.79 Å². The standard InChI is InChI=1S/C14H11ClO2S2/c1-9(13(16)17)8-10-6-7-18-14(10)19-12-4-2-11(15)3-5-12/h2-8H,1H3,(H,16,17)/b9-8+. The molecule has 1 aromatic carbocycles.